The van der Waals surface area contributed by atoms with E-state index in [2.05, 4.69) is 5.32 Å². The van der Waals surface area contributed by atoms with E-state index >= 15 is 0 Å². The fraction of sp³-hybridized carbons (Fsp3) is 0.310. The van der Waals surface area contributed by atoms with E-state index < -0.39 is 28.5 Å². The Balaban J connectivity index is 2.02. The molecule has 0 bridgehead atoms. The Kier molecular flexibility index (Phi) is 10.4. The highest BCUT2D eigenvalue weighted by atomic mass is 35.5. The van der Waals surface area contributed by atoms with Crippen molar-refractivity contribution < 1.29 is 22.7 Å². The summed E-state index contributed by atoms with van der Waals surface area (Å²) in [5.41, 5.74) is 0.962. The van der Waals surface area contributed by atoms with E-state index in [1.807, 2.05) is 19.9 Å². The quantitative estimate of drug-likeness (QED) is 0.334. The van der Waals surface area contributed by atoms with Crippen LogP contribution >= 0.6 is 11.6 Å². The number of rotatable bonds is 12. The minimum absolute atomic E-state index is 0.0275. The Hall–Kier alpha value is -3.56. The molecule has 0 saturated carbocycles. The van der Waals surface area contributed by atoms with Crippen molar-refractivity contribution in [3.05, 3.63) is 89.4 Å². The maximum atomic E-state index is 13.9. The molecule has 1 N–H and O–H groups in total. The number of carbonyl (C=O) groups is 2. The number of benzene rings is 3. The lowest BCUT2D eigenvalue weighted by molar-refractivity contribution is -0.139. The molecule has 10 heteroatoms. The average molecular weight is 572 g/mol. The third-order valence-corrected chi connectivity index (χ3v) is 8.38. The first-order valence-corrected chi connectivity index (χ1v) is 14.4. The van der Waals surface area contributed by atoms with Crippen LogP contribution in [0.5, 0.6) is 5.75 Å². The maximum absolute atomic E-state index is 13.9. The molecule has 8 nitrogen and oxygen atoms in total. The zero-order chi connectivity index (χ0) is 28.6. The van der Waals surface area contributed by atoms with E-state index in [4.69, 9.17) is 16.3 Å². The summed E-state index contributed by atoms with van der Waals surface area (Å²) in [5.74, 6) is -0.284. The molecule has 2 amide bonds. The number of anilines is 1. The number of carbonyl (C=O) groups excluding carboxylic acids is 2. The van der Waals surface area contributed by atoms with E-state index in [9.17, 15) is 18.0 Å². The second kappa shape index (κ2) is 13.5. The summed E-state index contributed by atoms with van der Waals surface area (Å²) >= 11 is 6.19. The highest BCUT2D eigenvalue weighted by Gasteiger charge is 2.32. The van der Waals surface area contributed by atoms with Crippen LogP contribution in [0.2, 0.25) is 5.02 Å². The molecule has 0 heterocycles. The van der Waals surface area contributed by atoms with Gasteiger partial charge in [0.2, 0.25) is 11.8 Å². The van der Waals surface area contributed by atoms with E-state index in [1.54, 1.807) is 68.6 Å². The molecule has 208 valence electrons. The highest BCUT2D eigenvalue weighted by molar-refractivity contribution is 7.92. The molecule has 2 atom stereocenters. The zero-order valence-electron chi connectivity index (χ0n) is 22.5. The molecular weight excluding hydrogens is 538 g/mol. The molecule has 0 aliphatic carbocycles. The average Bonchev–Trinajstić information content (AvgIpc) is 2.94. The molecule has 3 aromatic carbocycles. The van der Waals surface area contributed by atoms with Gasteiger partial charge in [0.05, 0.1) is 17.7 Å². The lowest BCUT2D eigenvalue weighted by Gasteiger charge is -2.32. The molecule has 0 spiro atoms. The lowest BCUT2D eigenvalue weighted by atomic mass is 10.1. The zero-order valence-corrected chi connectivity index (χ0v) is 24.1. The van der Waals surface area contributed by atoms with Crippen molar-refractivity contribution in [3.8, 4) is 5.75 Å². The van der Waals surface area contributed by atoms with Crippen molar-refractivity contribution in [2.45, 2.75) is 50.7 Å². The summed E-state index contributed by atoms with van der Waals surface area (Å²) < 4.78 is 33.8. The van der Waals surface area contributed by atoms with Gasteiger partial charge >= 0.3 is 0 Å². The number of methoxy groups -OCH3 is 1. The Bertz CT molecular complexity index is 1380. The molecule has 0 radical (unpaired) electrons. The predicted molar refractivity (Wildman–Crippen MR) is 153 cm³/mol. The molecular formula is C29H34ClN3O5S. The van der Waals surface area contributed by atoms with Gasteiger partial charge in [-0.25, -0.2) is 8.42 Å². The number of amides is 2. The predicted octanol–water partition coefficient (Wildman–Crippen LogP) is 4.88. The largest absolute Gasteiger partial charge is 0.497 e. The molecule has 0 saturated heterocycles. The monoisotopic (exact) mass is 571 g/mol. The lowest BCUT2D eigenvalue weighted by Crippen LogP contribution is -2.52. The summed E-state index contributed by atoms with van der Waals surface area (Å²) in [6.45, 7) is 4.99. The minimum Gasteiger partial charge on any atom is -0.497 e. The number of ether oxygens (including phenoxy) is 1. The van der Waals surface area contributed by atoms with Crippen molar-refractivity contribution in [3.63, 3.8) is 0 Å². The van der Waals surface area contributed by atoms with Gasteiger partial charge in [0.1, 0.15) is 18.3 Å². The highest BCUT2D eigenvalue weighted by Crippen LogP contribution is 2.27. The first-order chi connectivity index (χ1) is 18.6. The van der Waals surface area contributed by atoms with Crippen LogP contribution in [-0.4, -0.2) is 50.9 Å². The van der Waals surface area contributed by atoms with Gasteiger partial charge in [0.25, 0.3) is 10.0 Å². The summed E-state index contributed by atoms with van der Waals surface area (Å²) in [4.78, 5) is 28.4. The third kappa shape index (κ3) is 7.74. The van der Waals surface area contributed by atoms with Gasteiger partial charge < -0.3 is 15.0 Å². The van der Waals surface area contributed by atoms with Gasteiger partial charge in [-0.2, -0.15) is 0 Å². The molecule has 0 unspecified atom stereocenters. The summed E-state index contributed by atoms with van der Waals surface area (Å²) in [5, 5.41) is 3.24. The van der Waals surface area contributed by atoms with Crippen LogP contribution in [-0.2, 0) is 26.2 Å². The van der Waals surface area contributed by atoms with Crippen LogP contribution in [0, 0.1) is 0 Å². The number of sulfonamides is 1. The molecule has 39 heavy (non-hydrogen) atoms. The van der Waals surface area contributed by atoms with E-state index in [0.29, 0.717) is 10.8 Å². The summed E-state index contributed by atoms with van der Waals surface area (Å²) in [6, 6.07) is 20.4. The Morgan fingerprint density at radius 1 is 0.974 bits per heavy atom. The van der Waals surface area contributed by atoms with Crippen LogP contribution < -0.4 is 14.4 Å². The third-order valence-electron chi connectivity index (χ3n) is 6.36. The number of nitrogens with zero attached hydrogens (tertiary/aromatic N) is 2. The van der Waals surface area contributed by atoms with Crippen LogP contribution in [0.3, 0.4) is 0 Å². The first kappa shape index (κ1) is 30.0. The summed E-state index contributed by atoms with van der Waals surface area (Å²) in [7, 11) is -2.60. The number of hydrogen-bond acceptors (Lipinski definition) is 5. The first-order valence-electron chi connectivity index (χ1n) is 12.6. The van der Waals surface area contributed by atoms with E-state index in [-0.39, 0.29) is 29.1 Å². The van der Waals surface area contributed by atoms with Gasteiger partial charge in [-0.3, -0.25) is 13.9 Å². The van der Waals surface area contributed by atoms with Gasteiger partial charge in [-0.1, -0.05) is 54.9 Å². The van der Waals surface area contributed by atoms with Crippen LogP contribution in [0.1, 0.15) is 32.8 Å². The van der Waals surface area contributed by atoms with E-state index in [1.165, 1.54) is 23.1 Å². The second-order valence-corrected chi connectivity index (χ2v) is 11.5. The maximum Gasteiger partial charge on any atom is 0.264 e. The Labute approximate surface area is 235 Å². The molecule has 0 aromatic heterocycles. The molecule has 3 aromatic rings. The SMILES string of the molecule is CC[C@@H](C)NC(=O)[C@H](C)N(Cc1cccc(OC)c1)C(=O)CN(c1cccc(Cl)c1)S(=O)(=O)c1ccccc1. The smallest absolute Gasteiger partial charge is 0.264 e. The van der Waals surface area contributed by atoms with Crippen molar-refractivity contribution >= 4 is 39.1 Å². The van der Waals surface area contributed by atoms with Crippen LogP contribution in [0.4, 0.5) is 5.69 Å². The molecule has 0 fully saturated rings. The Morgan fingerprint density at radius 2 is 1.67 bits per heavy atom. The van der Waals surface area contributed by atoms with Gasteiger partial charge in [0.15, 0.2) is 0 Å². The Morgan fingerprint density at radius 3 is 2.31 bits per heavy atom. The van der Waals surface area contributed by atoms with Crippen LogP contribution in [0.25, 0.3) is 0 Å². The standard InChI is InChI=1S/C29H34ClN3O5S/c1-5-21(2)31-29(35)22(3)32(19-23-11-9-14-26(17-23)38-4)28(34)20-33(25-13-10-12-24(30)18-25)39(36,37)27-15-7-6-8-16-27/h6-18,21-22H,5,19-20H2,1-4H3,(H,31,35)/t21-,22+/m1/s1. The minimum atomic E-state index is -4.15. The number of halogens is 1. The fourth-order valence-electron chi connectivity index (χ4n) is 3.90. The molecule has 0 aliphatic rings. The van der Waals surface area contributed by atoms with Crippen molar-refractivity contribution in [2.24, 2.45) is 0 Å². The van der Waals surface area contributed by atoms with Crippen LogP contribution in [0.15, 0.2) is 83.8 Å². The van der Waals surface area contributed by atoms with Gasteiger partial charge in [-0.05, 0) is 68.3 Å². The fourth-order valence-corrected chi connectivity index (χ4v) is 5.51. The van der Waals surface area contributed by atoms with E-state index in [0.717, 1.165) is 16.3 Å². The van der Waals surface area contributed by atoms with Crippen molar-refractivity contribution in [1.82, 2.24) is 10.2 Å². The topological polar surface area (TPSA) is 96.0 Å². The van der Waals surface area contributed by atoms with Gasteiger partial charge in [-0.15, -0.1) is 0 Å². The van der Waals surface area contributed by atoms with Crippen molar-refractivity contribution in [1.29, 1.82) is 0 Å². The van der Waals surface area contributed by atoms with Crippen molar-refractivity contribution in [2.75, 3.05) is 18.0 Å². The second-order valence-electron chi connectivity index (χ2n) is 9.17. The number of hydrogen-bond donors (Lipinski definition) is 1. The molecule has 0 aliphatic heterocycles. The normalized spacial score (nSPS) is 12.7. The molecule has 3 rings (SSSR count). The number of nitrogens with one attached hydrogen (secondary N) is 1. The van der Waals surface area contributed by atoms with Gasteiger partial charge in [0, 0.05) is 17.6 Å². The summed E-state index contributed by atoms with van der Waals surface area (Å²) in [6.07, 6.45) is 0.722.